The van der Waals surface area contributed by atoms with E-state index in [-0.39, 0.29) is 5.91 Å². The van der Waals surface area contributed by atoms with Crippen molar-refractivity contribution in [3.63, 3.8) is 0 Å². The first-order valence-electron chi connectivity index (χ1n) is 8.72. The predicted octanol–water partition coefficient (Wildman–Crippen LogP) is 4.34. The van der Waals surface area contributed by atoms with Crippen molar-refractivity contribution in [2.24, 2.45) is 0 Å². The van der Waals surface area contributed by atoms with E-state index in [4.69, 9.17) is 4.74 Å². The highest BCUT2D eigenvalue weighted by Gasteiger charge is 2.14. The first kappa shape index (κ1) is 16.9. The molecule has 1 amide bonds. The molecule has 4 aromatic rings. The lowest BCUT2D eigenvalue weighted by Crippen LogP contribution is -2.13. The van der Waals surface area contributed by atoms with Crippen molar-refractivity contribution in [1.29, 1.82) is 0 Å². The molecule has 0 bridgehead atoms. The number of rotatable bonds is 5. The molecule has 136 valence electrons. The molecule has 0 spiro atoms. The number of amides is 1. The molecule has 27 heavy (non-hydrogen) atoms. The third kappa shape index (κ3) is 3.55. The van der Waals surface area contributed by atoms with Crippen molar-refractivity contribution in [3.05, 3.63) is 77.2 Å². The van der Waals surface area contributed by atoms with Crippen LogP contribution in [0.3, 0.4) is 0 Å². The molecule has 3 N–H and O–H groups in total. The lowest BCUT2D eigenvalue weighted by molar-refractivity contribution is 0.102. The van der Waals surface area contributed by atoms with E-state index in [1.165, 1.54) is 0 Å². The molecule has 2 aromatic heterocycles. The minimum absolute atomic E-state index is 0.203. The summed E-state index contributed by atoms with van der Waals surface area (Å²) < 4.78 is 5.85. The summed E-state index contributed by atoms with van der Waals surface area (Å²) in [6.07, 6.45) is 0. The van der Waals surface area contributed by atoms with Gasteiger partial charge in [0.1, 0.15) is 18.1 Å². The number of benzene rings is 2. The van der Waals surface area contributed by atoms with Crippen LogP contribution in [-0.4, -0.2) is 21.1 Å². The van der Waals surface area contributed by atoms with E-state index in [9.17, 15) is 4.79 Å². The van der Waals surface area contributed by atoms with Crippen molar-refractivity contribution in [2.75, 3.05) is 5.32 Å². The second-order valence-electron chi connectivity index (χ2n) is 6.47. The number of carbonyl (C=O) groups excluding carboxylic acids is 1. The van der Waals surface area contributed by atoms with Gasteiger partial charge >= 0.3 is 0 Å². The van der Waals surface area contributed by atoms with Crippen LogP contribution in [0, 0.1) is 13.8 Å². The number of aryl methyl sites for hydroxylation is 2. The monoisotopic (exact) mass is 360 g/mol. The highest BCUT2D eigenvalue weighted by molar-refractivity contribution is 6.06. The van der Waals surface area contributed by atoms with Gasteiger partial charge in [0.2, 0.25) is 0 Å². The summed E-state index contributed by atoms with van der Waals surface area (Å²) in [5.41, 5.74) is 4.75. The lowest BCUT2D eigenvalue weighted by atomic mass is 10.2. The number of H-pyrrole nitrogens is 2. The third-order valence-electron chi connectivity index (χ3n) is 4.45. The molecular weight excluding hydrogens is 340 g/mol. The molecular formula is C21H20N4O2. The normalized spacial score (nSPS) is 10.9. The SMILES string of the molecule is Cc1n[nH]c(C)c1NC(=O)c1cc2ccc(OCc3ccccc3)cc2[nH]1. The van der Waals surface area contributed by atoms with Crippen LogP contribution < -0.4 is 10.1 Å². The Morgan fingerprint density at radius 3 is 2.67 bits per heavy atom. The Morgan fingerprint density at radius 2 is 1.93 bits per heavy atom. The number of nitrogens with zero attached hydrogens (tertiary/aromatic N) is 1. The number of nitrogens with one attached hydrogen (secondary N) is 3. The summed E-state index contributed by atoms with van der Waals surface area (Å²) in [5.74, 6) is 0.548. The summed E-state index contributed by atoms with van der Waals surface area (Å²) in [6.45, 7) is 4.22. The maximum Gasteiger partial charge on any atom is 0.272 e. The van der Waals surface area contributed by atoms with E-state index in [1.54, 1.807) is 0 Å². The summed E-state index contributed by atoms with van der Waals surface area (Å²) in [5, 5.41) is 10.8. The molecule has 6 heteroatoms. The summed E-state index contributed by atoms with van der Waals surface area (Å²) in [4.78, 5) is 15.7. The molecule has 2 heterocycles. The number of hydrogen-bond acceptors (Lipinski definition) is 3. The number of aromatic nitrogens is 3. The van der Waals surface area contributed by atoms with E-state index in [1.807, 2.05) is 68.4 Å². The Morgan fingerprint density at radius 1 is 1.11 bits per heavy atom. The highest BCUT2D eigenvalue weighted by Crippen LogP contribution is 2.23. The molecule has 0 aliphatic rings. The standard InChI is InChI=1S/C21H20N4O2/c1-13-20(14(2)25-24-13)23-21(26)19-10-16-8-9-17(11-18(16)22-19)27-12-15-6-4-3-5-7-15/h3-11,22H,12H2,1-2H3,(H,23,26)(H,24,25). The molecule has 0 atom stereocenters. The largest absolute Gasteiger partial charge is 0.489 e. The molecule has 0 unspecified atom stereocenters. The number of hydrogen-bond donors (Lipinski definition) is 3. The van der Waals surface area contributed by atoms with Crippen LogP contribution in [0.2, 0.25) is 0 Å². The lowest BCUT2D eigenvalue weighted by Gasteiger charge is -2.06. The summed E-state index contributed by atoms with van der Waals surface area (Å²) in [7, 11) is 0. The van der Waals surface area contributed by atoms with Crippen LogP contribution in [0.15, 0.2) is 54.6 Å². The topological polar surface area (TPSA) is 82.8 Å². The van der Waals surface area contributed by atoms with Gasteiger partial charge in [-0.3, -0.25) is 9.89 Å². The fourth-order valence-corrected chi connectivity index (χ4v) is 2.98. The van der Waals surface area contributed by atoms with Crippen molar-refractivity contribution in [1.82, 2.24) is 15.2 Å². The minimum atomic E-state index is -0.203. The van der Waals surface area contributed by atoms with Gasteiger partial charge in [-0.1, -0.05) is 30.3 Å². The molecule has 0 aliphatic carbocycles. The number of fused-ring (bicyclic) bond motifs is 1. The fraction of sp³-hybridized carbons (Fsp3) is 0.143. The number of anilines is 1. The van der Waals surface area contributed by atoms with Crippen molar-refractivity contribution in [3.8, 4) is 5.75 Å². The minimum Gasteiger partial charge on any atom is -0.489 e. The van der Waals surface area contributed by atoms with Crippen LogP contribution in [0.4, 0.5) is 5.69 Å². The van der Waals surface area contributed by atoms with Gasteiger partial charge in [-0.05, 0) is 37.6 Å². The Kier molecular flexibility index (Phi) is 4.38. The third-order valence-corrected chi connectivity index (χ3v) is 4.45. The van der Waals surface area contributed by atoms with Crippen LogP contribution in [-0.2, 0) is 6.61 Å². The zero-order valence-corrected chi connectivity index (χ0v) is 15.2. The first-order valence-corrected chi connectivity index (χ1v) is 8.72. The summed E-state index contributed by atoms with van der Waals surface area (Å²) in [6, 6.07) is 17.6. The zero-order valence-electron chi connectivity index (χ0n) is 15.2. The van der Waals surface area contributed by atoms with Gasteiger partial charge in [0.05, 0.1) is 17.1 Å². The van der Waals surface area contributed by atoms with Crippen LogP contribution >= 0.6 is 0 Å². The van der Waals surface area contributed by atoms with Gasteiger partial charge in [0, 0.05) is 17.0 Å². The highest BCUT2D eigenvalue weighted by atomic mass is 16.5. The smallest absolute Gasteiger partial charge is 0.272 e. The molecule has 0 fully saturated rings. The van der Waals surface area contributed by atoms with Gasteiger partial charge in [-0.2, -0.15) is 5.10 Å². The molecule has 0 aliphatic heterocycles. The van der Waals surface area contributed by atoms with Crippen molar-refractivity contribution >= 4 is 22.5 Å². The fourth-order valence-electron chi connectivity index (χ4n) is 2.98. The van der Waals surface area contributed by atoms with Gasteiger partial charge in [0.15, 0.2) is 0 Å². The summed E-state index contributed by atoms with van der Waals surface area (Å²) >= 11 is 0. The van der Waals surface area contributed by atoms with Gasteiger partial charge in [-0.15, -0.1) is 0 Å². The Bertz CT molecular complexity index is 1080. The second kappa shape index (κ2) is 6.99. The molecule has 4 rings (SSSR count). The van der Waals surface area contributed by atoms with E-state index >= 15 is 0 Å². The molecule has 0 radical (unpaired) electrons. The zero-order chi connectivity index (χ0) is 18.8. The average Bonchev–Trinajstić information content (AvgIpc) is 3.25. The second-order valence-corrected chi connectivity index (χ2v) is 6.47. The number of carbonyl (C=O) groups is 1. The van der Waals surface area contributed by atoms with E-state index in [0.717, 1.165) is 33.6 Å². The van der Waals surface area contributed by atoms with E-state index < -0.39 is 0 Å². The quantitative estimate of drug-likeness (QED) is 0.495. The van der Waals surface area contributed by atoms with Crippen LogP contribution in [0.25, 0.3) is 10.9 Å². The Labute approximate surface area is 156 Å². The van der Waals surface area contributed by atoms with Crippen molar-refractivity contribution < 1.29 is 9.53 Å². The van der Waals surface area contributed by atoms with Crippen LogP contribution in [0.5, 0.6) is 5.75 Å². The van der Waals surface area contributed by atoms with Crippen LogP contribution in [0.1, 0.15) is 27.4 Å². The molecule has 2 aromatic carbocycles. The van der Waals surface area contributed by atoms with E-state index in [0.29, 0.717) is 18.0 Å². The number of aromatic amines is 2. The molecule has 0 saturated heterocycles. The molecule has 0 saturated carbocycles. The van der Waals surface area contributed by atoms with Crippen molar-refractivity contribution in [2.45, 2.75) is 20.5 Å². The van der Waals surface area contributed by atoms with Gasteiger partial charge < -0.3 is 15.0 Å². The van der Waals surface area contributed by atoms with Gasteiger partial charge in [0.25, 0.3) is 5.91 Å². The first-order chi connectivity index (χ1) is 13.1. The Hall–Kier alpha value is -3.54. The van der Waals surface area contributed by atoms with Gasteiger partial charge in [-0.25, -0.2) is 0 Å². The maximum absolute atomic E-state index is 12.6. The molecule has 6 nitrogen and oxygen atoms in total. The predicted molar refractivity (Wildman–Crippen MR) is 105 cm³/mol. The average molecular weight is 360 g/mol. The maximum atomic E-state index is 12.6. The van der Waals surface area contributed by atoms with E-state index in [2.05, 4.69) is 20.5 Å². The number of ether oxygens (including phenoxy) is 1. The Balaban J connectivity index is 1.51.